The molecule has 1 aliphatic carbocycles. The molecule has 0 radical (unpaired) electrons. The Morgan fingerprint density at radius 1 is 1.37 bits per heavy atom. The molecular weight excluding hydrogens is 271 g/mol. The van der Waals surface area contributed by atoms with Crippen LogP contribution in [0.25, 0.3) is 0 Å². The number of carbonyl (C=O) groups excluding carboxylic acids is 1. The summed E-state index contributed by atoms with van der Waals surface area (Å²) >= 11 is 5.70. The number of carbonyl (C=O) groups is 1. The molecule has 0 heterocycles. The number of nitrogen functional groups attached to an aromatic ring is 2. The first kappa shape index (κ1) is 13.7. The Kier molecular flexibility index (Phi) is 3.99. The van der Waals surface area contributed by atoms with Gasteiger partial charge in [0.2, 0.25) is 5.91 Å². The Morgan fingerprint density at radius 3 is 2.68 bits per heavy atom. The standard InChI is InChI=1S/C12H16ClFN4O/c13-9-7(15)5-8(16)11(10(9)14)17-3-4-18-12(19)6-1-2-6/h5-6,17H,1-4,15-16H2,(H,18,19). The molecule has 1 aromatic rings. The lowest BCUT2D eigenvalue weighted by Gasteiger charge is -2.13. The summed E-state index contributed by atoms with van der Waals surface area (Å²) in [6.45, 7) is 0.760. The lowest BCUT2D eigenvalue weighted by Crippen LogP contribution is -2.30. The van der Waals surface area contributed by atoms with E-state index in [1.54, 1.807) is 0 Å². The van der Waals surface area contributed by atoms with E-state index in [1.807, 2.05) is 0 Å². The predicted octanol–water partition coefficient (Wildman–Crippen LogP) is 1.58. The van der Waals surface area contributed by atoms with Crippen LogP contribution in [-0.4, -0.2) is 19.0 Å². The molecule has 0 aromatic heterocycles. The lowest BCUT2D eigenvalue weighted by atomic mass is 10.2. The van der Waals surface area contributed by atoms with Gasteiger partial charge < -0.3 is 22.1 Å². The number of anilines is 3. The molecular formula is C12H16ClFN4O. The summed E-state index contributed by atoms with van der Waals surface area (Å²) in [5.74, 6) is -0.467. The second-order valence-electron chi connectivity index (χ2n) is 4.55. The summed E-state index contributed by atoms with van der Waals surface area (Å²) in [7, 11) is 0. The van der Waals surface area contributed by atoms with Crippen molar-refractivity contribution >= 4 is 34.6 Å². The van der Waals surface area contributed by atoms with Crippen LogP contribution in [0.5, 0.6) is 0 Å². The fourth-order valence-corrected chi connectivity index (χ4v) is 1.86. The molecule has 0 spiro atoms. The van der Waals surface area contributed by atoms with Crippen molar-refractivity contribution < 1.29 is 9.18 Å². The Bertz CT molecular complexity index is 505. The molecule has 19 heavy (non-hydrogen) atoms. The van der Waals surface area contributed by atoms with Crippen LogP contribution in [0.3, 0.4) is 0 Å². The van der Waals surface area contributed by atoms with E-state index in [2.05, 4.69) is 10.6 Å². The Labute approximate surface area is 115 Å². The van der Waals surface area contributed by atoms with E-state index in [0.717, 1.165) is 12.8 Å². The van der Waals surface area contributed by atoms with E-state index in [-0.39, 0.29) is 33.9 Å². The van der Waals surface area contributed by atoms with E-state index < -0.39 is 5.82 Å². The Hall–Kier alpha value is -1.69. The first-order valence-corrected chi connectivity index (χ1v) is 6.43. The van der Waals surface area contributed by atoms with Crippen molar-refractivity contribution in [3.63, 3.8) is 0 Å². The molecule has 0 bridgehead atoms. The fourth-order valence-electron chi connectivity index (χ4n) is 1.71. The highest BCUT2D eigenvalue weighted by molar-refractivity contribution is 6.33. The van der Waals surface area contributed by atoms with Crippen LogP contribution in [-0.2, 0) is 4.79 Å². The minimum atomic E-state index is -0.673. The summed E-state index contributed by atoms with van der Waals surface area (Å²) in [5.41, 5.74) is 11.6. The number of hydrogen-bond donors (Lipinski definition) is 4. The van der Waals surface area contributed by atoms with Crippen LogP contribution in [0.2, 0.25) is 5.02 Å². The van der Waals surface area contributed by atoms with E-state index in [0.29, 0.717) is 13.1 Å². The van der Waals surface area contributed by atoms with Crippen LogP contribution in [0.4, 0.5) is 21.5 Å². The molecule has 7 heteroatoms. The van der Waals surface area contributed by atoms with Gasteiger partial charge in [0, 0.05) is 19.0 Å². The highest BCUT2D eigenvalue weighted by Gasteiger charge is 2.29. The van der Waals surface area contributed by atoms with Crippen molar-refractivity contribution in [2.75, 3.05) is 29.9 Å². The highest BCUT2D eigenvalue weighted by Crippen LogP contribution is 2.33. The molecule has 1 fully saturated rings. The molecule has 6 N–H and O–H groups in total. The first-order valence-electron chi connectivity index (χ1n) is 6.05. The van der Waals surface area contributed by atoms with Gasteiger partial charge in [-0.3, -0.25) is 4.79 Å². The zero-order valence-electron chi connectivity index (χ0n) is 10.3. The first-order chi connectivity index (χ1) is 9.00. The third-order valence-electron chi connectivity index (χ3n) is 2.94. The molecule has 1 amide bonds. The lowest BCUT2D eigenvalue weighted by molar-refractivity contribution is -0.122. The van der Waals surface area contributed by atoms with Crippen molar-refractivity contribution in [2.45, 2.75) is 12.8 Å². The van der Waals surface area contributed by atoms with Gasteiger partial charge in [-0.15, -0.1) is 0 Å². The van der Waals surface area contributed by atoms with Crippen LogP contribution in [0.1, 0.15) is 12.8 Å². The summed E-state index contributed by atoms with van der Waals surface area (Å²) in [4.78, 5) is 11.4. The maximum atomic E-state index is 13.8. The number of benzene rings is 1. The number of amides is 1. The molecule has 0 unspecified atom stereocenters. The molecule has 0 aliphatic heterocycles. The second-order valence-corrected chi connectivity index (χ2v) is 4.93. The van der Waals surface area contributed by atoms with Crippen molar-refractivity contribution in [3.05, 3.63) is 16.9 Å². The number of hydrogen-bond acceptors (Lipinski definition) is 4. The van der Waals surface area contributed by atoms with Gasteiger partial charge >= 0.3 is 0 Å². The number of rotatable bonds is 5. The highest BCUT2D eigenvalue weighted by atomic mass is 35.5. The summed E-state index contributed by atoms with van der Waals surface area (Å²) in [5, 5.41) is 5.41. The normalized spacial score (nSPS) is 14.2. The number of nitrogens with one attached hydrogen (secondary N) is 2. The van der Waals surface area contributed by atoms with Crippen LogP contribution >= 0.6 is 11.6 Å². The topological polar surface area (TPSA) is 93.2 Å². The van der Waals surface area contributed by atoms with Gasteiger partial charge in [0.1, 0.15) is 5.02 Å². The fraction of sp³-hybridized carbons (Fsp3) is 0.417. The van der Waals surface area contributed by atoms with Gasteiger partial charge in [-0.1, -0.05) is 11.6 Å². The molecule has 2 rings (SSSR count). The van der Waals surface area contributed by atoms with Gasteiger partial charge in [0.25, 0.3) is 0 Å². The van der Waals surface area contributed by atoms with E-state index in [1.165, 1.54) is 6.07 Å². The summed E-state index contributed by atoms with van der Waals surface area (Å²) < 4.78 is 13.8. The molecule has 1 saturated carbocycles. The second kappa shape index (κ2) is 5.52. The molecule has 0 atom stereocenters. The predicted molar refractivity (Wildman–Crippen MR) is 74.5 cm³/mol. The van der Waals surface area contributed by atoms with Crippen molar-refractivity contribution in [2.24, 2.45) is 5.92 Å². The van der Waals surface area contributed by atoms with E-state index in [9.17, 15) is 9.18 Å². The zero-order chi connectivity index (χ0) is 14.0. The van der Waals surface area contributed by atoms with E-state index in [4.69, 9.17) is 23.1 Å². The van der Waals surface area contributed by atoms with Gasteiger partial charge in [0.15, 0.2) is 5.82 Å². The minimum Gasteiger partial charge on any atom is -0.397 e. The number of nitrogens with two attached hydrogens (primary N) is 2. The van der Waals surface area contributed by atoms with Crippen molar-refractivity contribution in [1.29, 1.82) is 0 Å². The van der Waals surface area contributed by atoms with Gasteiger partial charge in [-0.25, -0.2) is 4.39 Å². The maximum absolute atomic E-state index is 13.8. The summed E-state index contributed by atoms with van der Waals surface area (Å²) in [6.07, 6.45) is 1.91. The molecule has 1 aliphatic rings. The van der Waals surface area contributed by atoms with Gasteiger partial charge in [-0.05, 0) is 18.9 Å². The monoisotopic (exact) mass is 286 g/mol. The molecule has 0 saturated heterocycles. The van der Waals surface area contributed by atoms with Gasteiger partial charge in [-0.2, -0.15) is 0 Å². The molecule has 104 valence electrons. The van der Waals surface area contributed by atoms with E-state index >= 15 is 0 Å². The largest absolute Gasteiger partial charge is 0.397 e. The third kappa shape index (κ3) is 3.20. The average Bonchev–Trinajstić information content (AvgIpc) is 3.19. The third-order valence-corrected chi connectivity index (χ3v) is 3.32. The zero-order valence-corrected chi connectivity index (χ0v) is 11.1. The van der Waals surface area contributed by atoms with Crippen LogP contribution in [0.15, 0.2) is 6.07 Å². The maximum Gasteiger partial charge on any atom is 0.223 e. The number of halogens is 2. The van der Waals surface area contributed by atoms with Gasteiger partial charge in [0.05, 0.1) is 17.1 Å². The Balaban J connectivity index is 1.88. The summed E-state index contributed by atoms with van der Waals surface area (Å²) in [6, 6.07) is 1.40. The molecule has 1 aromatic carbocycles. The average molecular weight is 287 g/mol. The van der Waals surface area contributed by atoms with Crippen molar-refractivity contribution in [1.82, 2.24) is 5.32 Å². The molecule has 5 nitrogen and oxygen atoms in total. The smallest absolute Gasteiger partial charge is 0.223 e. The van der Waals surface area contributed by atoms with Crippen LogP contribution < -0.4 is 22.1 Å². The SMILES string of the molecule is Nc1cc(N)c(NCCNC(=O)C2CC2)c(F)c1Cl. The minimum absolute atomic E-state index is 0.0468. The van der Waals surface area contributed by atoms with Crippen molar-refractivity contribution in [3.8, 4) is 0 Å². The van der Waals surface area contributed by atoms with Crippen LogP contribution in [0, 0.1) is 11.7 Å². The quantitative estimate of drug-likeness (QED) is 0.488. The Morgan fingerprint density at radius 2 is 2.05 bits per heavy atom.